The van der Waals surface area contributed by atoms with Crippen molar-refractivity contribution in [3.8, 4) is 34.8 Å². The van der Waals surface area contributed by atoms with Crippen LogP contribution in [0.5, 0.6) is 23.0 Å². The molecule has 0 aliphatic rings. The number of nitrogens with zero attached hydrogens (tertiary/aromatic N) is 2. The molecule has 11 heteroatoms. The Balaban J connectivity index is 0.000000944. The molecule has 0 unspecified atom stereocenters. The molecule has 4 N–H and O–H groups in total. The number of aliphatic imine (C=N–C) groups is 2. The van der Waals surface area contributed by atoms with Gasteiger partial charge in [0.25, 0.3) is 0 Å². The van der Waals surface area contributed by atoms with Crippen LogP contribution in [0.4, 0.5) is 11.4 Å². The number of aryl methyl sites for hydroxylation is 6. The van der Waals surface area contributed by atoms with E-state index in [9.17, 15) is 40.2 Å². The van der Waals surface area contributed by atoms with Gasteiger partial charge in [0.05, 0.1) is 28.2 Å². The Kier molecular flexibility index (Phi) is 53.6. The van der Waals surface area contributed by atoms with Gasteiger partial charge in [-0.1, -0.05) is 272 Å². The van der Waals surface area contributed by atoms with E-state index in [4.69, 9.17) is 9.98 Å². The van der Waals surface area contributed by atoms with E-state index in [0.717, 1.165) is 143 Å². The van der Waals surface area contributed by atoms with Gasteiger partial charge in [-0.3, -0.25) is 4.99 Å². The average molecular weight is 1400 g/mol. The van der Waals surface area contributed by atoms with Crippen LogP contribution in [0, 0.1) is 11.8 Å². The number of unbranched alkanes of at least 4 members (excludes halogenated alkanes) is 28. The van der Waals surface area contributed by atoms with Gasteiger partial charge in [0, 0.05) is 6.42 Å². The van der Waals surface area contributed by atoms with Crippen molar-refractivity contribution in [3.05, 3.63) is 104 Å². The van der Waals surface area contributed by atoms with Gasteiger partial charge >= 0.3 is 28.4 Å². The fourth-order valence-corrected chi connectivity index (χ4v) is 12.7. The maximum absolute atomic E-state index is 11.9. The van der Waals surface area contributed by atoms with Crippen LogP contribution in [0.15, 0.2) is 58.5 Å². The van der Waals surface area contributed by atoms with E-state index in [1.54, 1.807) is 0 Å². The maximum atomic E-state index is 11.9. The van der Waals surface area contributed by atoms with Crippen LogP contribution in [-0.2, 0) is 67.9 Å². The number of benzene rings is 4. The third-order valence-electron chi connectivity index (χ3n) is 18.5. The Morgan fingerprint density at radius 3 is 0.990 bits per heavy atom. The maximum Gasteiger partial charge on any atom is 2.00 e. The van der Waals surface area contributed by atoms with Gasteiger partial charge in [0.1, 0.15) is 17.2 Å². The van der Waals surface area contributed by atoms with Gasteiger partial charge in [-0.2, -0.15) is 0 Å². The summed E-state index contributed by atoms with van der Waals surface area (Å²) in [6, 6.07) is 17.3. The topological polar surface area (TPSA) is 186 Å². The molecule has 0 aliphatic carbocycles. The molecule has 98 heavy (non-hydrogen) atoms. The monoisotopic (exact) mass is 1390 g/mol. The Morgan fingerprint density at radius 1 is 0.357 bits per heavy atom. The molecule has 4 aromatic rings. The number of rotatable bonds is 51. The molecule has 0 spiro atoms. The first-order chi connectivity index (χ1) is 47.1. The van der Waals surface area contributed by atoms with Crippen molar-refractivity contribution in [2.75, 3.05) is 0 Å². The minimum absolute atomic E-state index is 0. The molecule has 0 amide bonds. The van der Waals surface area contributed by atoms with Crippen LogP contribution >= 0.6 is 0 Å². The van der Waals surface area contributed by atoms with E-state index in [1.807, 2.05) is 0 Å². The summed E-state index contributed by atoms with van der Waals surface area (Å²) in [6.07, 6.45) is 53.3. The van der Waals surface area contributed by atoms with Crippen molar-refractivity contribution in [1.29, 1.82) is 0 Å². The zero-order valence-corrected chi connectivity index (χ0v) is 64.5. The zero-order valence-electron chi connectivity index (χ0n) is 63.5. The first kappa shape index (κ1) is 90.4. The Labute approximate surface area is 608 Å². The summed E-state index contributed by atoms with van der Waals surface area (Å²) >= 11 is 0. The average Bonchev–Trinajstić information content (AvgIpc) is 0.811. The quantitative estimate of drug-likeness (QED) is 0.0146. The fraction of sp³-hybridized carbons (Fsp3) is 0.655. The number of carboxylic acid groups (broad SMARTS) is 2. The van der Waals surface area contributed by atoms with E-state index in [1.165, 1.54) is 201 Å². The van der Waals surface area contributed by atoms with Gasteiger partial charge in [-0.05, 0) is 209 Å². The van der Waals surface area contributed by atoms with E-state index in [-0.39, 0.29) is 27.6 Å². The smallest absolute Gasteiger partial charge is 0.869 e. The molecule has 4 rings (SSSR count). The molecule has 10 nitrogen and oxygen atoms in total. The van der Waals surface area contributed by atoms with Crippen molar-refractivity contribution >= 4 is 34.7 Å². The normalized spacial score (nSPS) is 11.3. The summed E-state index contributed by atoms with van der Waals surface area (Å²) in [6.45, 7) is 22.1. The fourth-order valence-electron chi connectivity index (χ4n) is 12.7. The largest absolute Gasteiger partial charge is 2.00 e. The van der Waals surface area contributed by atoms with Crippen molar-refractivity contribution in [2.24, 2.45) is 9.98 Å². The molecular formula is C87H136N2NiO8. The van der Waals surface area contributed by atoms with Gasteiger partial charge in [0.15, 0.2) is 0 Å². The number of carbonyl (C=O) groups is 2. The summed E-state index contributed by atoms with van der Waals surface area (Å²) < 4.78 is 0. The van der Waals surface area contributed by atoms with Crippen molar-refractivity contribution in [1.82, 2.24) is 0 Å². The molecule has 0 saturated carbocycles. The summed E-state index contributed by atoms with van der Waals surface area (Å²) in [5.74, 6) is 2.45. The van der Waals surface area contributed by atoms with Crippen LogP contribution in [-0.4, -0.2) is 43.8 Å². The molecule has 552 valence electrons. The second-order valence-electron chi connectivity index (χ2n) is 27.5. The summed E-state index contributed by atoms with van der Waals surface area (Å²) in [4.78, 5) is 33.8. The molecule has 0 fully saturated rings. The number of phenolic OH excluding ortho intramolecular Hbond substituents is 2. The molecule has 0 heterocycles. The molecule has 0 bridgehead atoms. The van der Waals surface area contributed by atoms with Crippen LogP contribution in [0.3, 0.4) is 0 Å². The van der Waals surface area contributed by atoms with E-state index in [0.29, 0.717) is 36.8 Å². The molecule has 0 aromatic heterocycles. The Bertz CT molecular complexity index is 2770. The standard InChI is InChI=1S/C55H90N2.2C16H24O4.Ni/c1-7-13-19-21-23-24-25-26-27-29-35-41-55(57-53-46-50(38-32-17-11-5)43-51(47-53)39-33-18-12-6)54(40-34-28-22-20-14-8-2)56-52-44-48(36-30-15-9-3)42-49(45-52)37-31-16-10-4;2*1-3-5-7-9-12-11(8-6-4-2)10-13(17)15(18)14(12)16(19)20;/h42-47H,7-34,36-40H2,1-6H3;2*10,17-18H,3-9H2,1-2H3,(H,19,20);/q;;;+2/p-2. The molecule has 0 aliphatic heterocycles. The molecule has 4 aromatic carbocycles. The van der Waals surface area contributed by atoms with Gasteiger partial charge < -0.3 is 30.6 Å². The van der Waals surface area contributed by atoms with E-state index < -0.39 is 34.9 Å². The molecular weight excluding hydrogens is 1260 g/mol. The van der Waals surface area contributed by atoms with Crippen LogP contribution in [0.2, 0.25) is 0 Å². The number of phenols is 2. The number of carboxylic acids is 2. The van der Waals surface area contributed by atoms with Gasteiger partial charge in [-0.15, -0.1) is 0 Å². The summed E-state index contributed by atoms with van der Waals surface area (Å²) in [5.41, 5.74) is 12.3. The molecule has 0 saturated heterocycles. The summed E-state index contributed by atoms with van der Waals surface area (Å²) in [5, 5.41) is 61.5. The van der Waals surface area contributed by atoms with Crippen molar-refractivity contribution in [2.45, 2.75) is 371 Å². The predicted molar refractivity (Wildman–Crippen MR) is 410 cm³/mol. The number of hydrogen-bond acceptors (Lipinski definition) is 8. The van der Waals surface area contributed by atoms with Crippen molar-refractivity contribution in [3.63, 3.8) is 0 Å². The minimum atomic E-state index is -1.24. The number of aromatic carboxylic acids is 2. The first-order valence-corrected chi connectivity index (χ1v) is 39.6. The minimum Gasteiger partial charge on any atom is -0.869 e. The molecule has 0 atom stereocenters. The Morgan fingerprint density at radius 2 is 0.653 bits per heavy atom. The number of aromatic hydroxyl groups is 2. The Hall–Kier alpha value is -5.59. The second kappa shape index (κ2) is 58.1. The van der Waals surface area contributed by atoms with Gasteiger partial charge in [0.2, 0.25) is 0 Å². The molecule has 0 radical (unpaired) electrons. The van der Waals surface area contributed by atoms with E-state index in [2.05, 4.69) is 117 Å². The number of hydrogen-bond donors (Lipinski definition) is 4. The first-order valence-electron chi connectivity index (χ1n) is 39.6. The third kappa shape index (κ3) is 38.3. The van der Waals surface area contributed by atoms with Crippen LogP contribution < -0.4 is 10.2 Å². The van der Waals surface area contributed by atoms with E-state index >= 15 is 0 Å². The predicted octanol–water partition coefficient (Wildman–Crippen LogP) is 24.6. The van der Waals surface area contributed by atoms with Gasteiger partial charge in [-0.25, -0.2) is 14.6 Å². The zero-order chi connectivity index (χ0) is 71.3. The van der Waals surface area contributed by atoms with Crippen LogP contribution in [0.25, 0.3) is 0 Å². The third-order valence-corrected chi connectivity index (χ3v) is 18.5. The van der Waals surface area contributed by atoms with Crippen LogP contribution in [0.1, 0.15) is 385 Å². The van der Waals surface area contributed by atoms with Crippen molar-refractivity contribution < 1.29 is 56.7 Å². The second-order valence-corrected chi connectivity index (χ2v) is 27.5. The summed E-state index contributed by atoms with van der Waals surface area (Å²) in [7, 11) is 0. The SMILES string of the molecule is CCCCCCCCCCCC#CC(=Nc1cc(CCCCC)cc(CCCCC)c1)C(CCCCCCCC)=Nc1cc(CCCCC)cc(CCCCC)c1.CCCCCc1c(CCCC)cc(O)c([O-])c1C(=O)O.CCCCCc1c(CCCC)cc(O)c([O-])c1C(=O)O.[Ni+2].